The van der Waals surface area contributed by atoms with Crippen LogP contribution in [0.3, 0.4) is 0 Å². The van der Waals surface area contributed by atoms with Crippen molar-refractivity contribution in [3.63, 3.8) is 0 Å². The second-order valence-corrected chi connectivity index (χ2v) is 3.78. The van der Waals surface area contributed by atoms with Crippen LogP contribution in [0.1, 0.15) is 13.3 Å². The van der Waals surface area contributed by atoms with Crippen LogP contribution in [0.25, 0.3) is 0 Å². The van der Waals surface area contributed by atoms with E-state index < -0.39 is 31.1 Å². The molecule has 0 rings (SSSR count). The molecular formula is C10H18N2O6. The lowest BCUT2D eigenvalue weighted by molar-refractivity contribution is -0.140. The lowest BCUT2D eigenvalue weighted by atomic mass is 10.2. The van der Waals surface area contributed by atoms with Crippen LogP contribution in [-0.2, 0) is 14.3 Å². The molecule has 18 heavy (non-hydrogen) atoms. The number of aliphatic carboxylic acids is 2. The molecule has 0 aromatic heterocycles. The summed E-state index contributed by atoms with van der Waals surface area (Å²) in [6.07, 6.45) is 0.552. The van der Waals surface area contributed by atoms with E-state index in [-0.39, 0.29) is 6.04 Å². The van der Waals surface area contributed by atoms with E-state index in [0.29, 0.717) is 17.9 Å². The third kappa shape index (κ3) is 7.44. The minimum absolute atomic E-state index is 0.234. The highest BCUT2D eigenvalue weighted by Gasteiger charge is 2.20. The highest BCUT2D eigenvalue weighted by molar-refractivity contribution is 5.84. The van der Waals surface area contributed by atoms with Crippen molar-refractivity contribution in [1.82, 2.24) is 10.2 Å². The van der Waals surface area contributed by atoms with Gasteiger partial charge in [-0.1, -0.05) is 0 Å². The van der Waals surface area contributed by atoms with Crippen LogP contribution in [0.15, 0.2) is 0 Å². The molecule has 2 amide bonds. The number of nitrogens with zero attached hydrogens (tertiary/aromatic N) is 1. The molecule has 0 aliphatic rings. The van der Waals surface area contributed by atoms with Crippen molar-refractivity contribution in [2.75, 3.05) is 26.8 Å². The van der Waals surface area contributed by atoms with E-state index in [4.69, 9.17) is 14.9 Å². The molecule has 1 unspecified atom stereocenters. The van der Waals surface area contributed by atoms with E-state index in [0.717, 1.165) is 0 Å². The van der Waals surface area contributed by atoms with Gasteiger partial charge in [0, 0.05) is 19.8 Å². The second kappa shape index (κ2) is 8.29. The van der Waals surface area contributed by atoms with Gasteiger partial charge in [-0.25, -0.2) is 4.79 Å². The highest BCUT2D eigenvalue weighted by atomic mass is 16.5. The van der Waals surface area contributed by atoms with Gasteiger partial charge in [0.05, 0.1) is 0 Å². The number of rotatable bonds is 8. The number of carbonyl (C=O) groups excluding carboxylic acids is 1. The molecule has 0 bridgehead atoms. The summed E-state index contributed by atoms with van der Waals surface area (Å²) in [4.78, 5) is 33.4. The molecule has 3 N–H and O–H groups in total. The van der Waals surface area contributed by atoms with Gasteiger partial charge in [-0.2, -0.15) is 0 Å². The Hall–Kier alpha value is -1.83. The molecule has 0 spiro atoms. The minimum Gasteiger partial charge on any atom is -0.480 e. The molecule has 0 aliphatic carbocycles. The molecule has 0 saturated carbocycles. The number of urea groups is 1. The van der Waals surface area contributed by atoms with Crippen molar-refractivity contribution in [3.05, 3.63) is 0 Å². The first-order valence-electron chi connectivity index (χ1n) is 5.34. The number of carboxylic acid groups (broad SMARTS) is 2. The van der Waals surface area contributed by atoms with E-state index in [9.17, 15) is 14.4 Å². The van der Waals surface area contributed by atoms with Crippen LogP contribution >= 0.6 is 0 Å². The van der Waals surface area contributed by atoms with E-state index in [1.54, 1.807) is 6.92 Å². The maximum atomic E-state index is 11.6. The number of nitrogens with one attached hydrogen (secondary N) is 1. The van der Waals surface area contributed by atoms with Crippen molar-refractivity contribution in [2.45, 2.75) is 19.4 Å². The van der Waals surface area contributed by atoms with E-state index in [2.05, 4.69) is 5.32 Å². The van der Waals surface area contributed by atoms with Crippen molar-refractivity contribution >= 4 is 18.0 Å². The SMILES string of the molecule is COCCC(C)NC(=O)N(CC(=O)O)CC(=O)O. The molecule has 0 aromatic carbocycles. The maximum absolute atomic E-state index is 11.6. The van der Waals surface area contributed by atoms with Crippen LogP contribution in [0, 0.1) is 0 Å². The van der Waals surface area contributed by atoms with Crippen molar-refractivity contribution < 1.29 is 29.3 Å². The average molecular weight is 262 g/mol. The van der Waals surface area contributed by atoms with E-state index in [1.807, 2.05) is 0 Å². The zero-order valence-corrected chi connectivity index (χ0v) is 10.4. The fourth-order valence-electron chi connectivity index (χ4n) is 1.19. The fraction of sp³-hybridized carbons (Fsp3) is 0.700. The summed E-state index contributed by atoms with van der Waals surface area (Å²) in [5.74, 6) is -2.54. The Bertz CT molecular complexity index is 291. The maximum Gasteiger partial charge on any atom is 0.323 e. The molecule has 8 heteroatoms. The Balaban J connectivity index is 4.35. The number of carbonyl (C=O) groups is 3. The largest absolute Gasteiger partial charge is 0.480 e. The van der Waals surface area contributed by atoms with Crippen LogP contribution in [0.4, 0.5) is 4.79 Å². The Labute approximate surface area is 105 Å². The minimum atomic E-state index is -1.27. The summed E-state index contributed by atoms with van der Waals surface area (Å²) in [6.45, 7) is 0.847. The first-order chi connectivity index (χ1) is 8.36. The summed E-state index contributed by atoms with van der Waals surface area (Å²) in [5.41, 5.74) is 0. The van der Waals surface area contributed by atoms with Crippen LogP contribution < -0.4 is 5.32 Å². The number of ether oxygens (including phenoxy) is 1. The van der Waals surface area contributed by atoms with Gasteiger partial charge in [0.2, 0.25) is 0 Å². The zero-order chi connectivity index (χ0) is 14.1. The topological polar surface area (TPSA) is 116 Å². The predicted molar refractivity (Wildman–Crippen MR) is 61.3 cm³/mol. The summed E-state index contributed by atoms with van der Waals surface area (Å²) >= 11 is 0. The standard InChI is InChI=1S/C10H18N2O6/c1-7(3-4-18-2)11-10(17)12(5-8(13)14)6-9(15)16/h7H,3-6H2,1-2H3,(H,11,17)(H,13,14)(H,15,16). The van der Waals surface area contributed by atoms with Crippen LogP contribution in [0.2, 0.25) is 0 Å². The quantitative estimate of drug-likeness (QED) is 0.547. The number of amides is 2. The summed E-state index contributed by atoms with van der Waals surface area (Å²) in [7, 11) is 1.52. The van der Waals surface area contributed by atoms with Gasteiger partial charge in [-0.15, -0.1) is 0 Å². The molecule has 104 valence electrons. The smallest absolute Gasteiger partial charge is 0.323 e. The van der Waals surface area contributed by atoms with Gasteiger partial charge in [0.1, 0.15) is 13.1 Å². The highest BCUT2D eigenvalue weighted by Crippen LogP contribution is 1.95. The van der Waals surface area contributed by atoms with Crippen molar-refractivity contribution in [1.29, 1.82) is 0 Å². The molecule has 1 atom stereocenters. The molecule has 0 aliphatic heterocycles. The first-order valence-corrected chi connectivity index (χ1v) is 5.34. The molecule has 0 aromatic rings. The number of hydrogen-bond acceptors (Lipinski definition) is 4. The van der Waals surface area contributed by atoms with Crippen LogP contribution in [-0.4, -0.2) is 65.9 Å². The Morgan fingerprint density at radius 3 is 2.11 bits per heavy atom. The molecule has 0 saturated heterocycles. The van der Waals surface area contributed by atoms with Gasteiger partial charge in [0.25, 0.3) is 0 Å². The third-order valence-electron chi connectivity index (χ3n) is 2.06. The molecular weight excluding hydrogens is 244 g/mol. The Morgan fingerprint density at radius 2 is 1.72 bits per heavy atom. The third-order valence-corrected chi connectivity index (χ3v) is 2.06. The van der Waals surface area contributed by atoms with Crippen LogP contribution in [0.5, 0.6) is 0 Å². The first kappa shape index (κ1) is 16.2. The van der Waals surface area contributed by atoms with Gasteiger partial charge in [-0.3, -0.25) is 9.59 Å². The lowest BCUT2D eigenvalue weighted by Crippen LogP contribution is -2.48. The van der Waals surface area contributed by atoms with Crippen molar-refractivity contribution in [2.24, 2.45) is 0 Å². The zero-order valence-electron chi connectivity index (χ0n) is 10.4. The Kier molecular flexibility index (Phi) is 7.45. The molecule has 0 heterocycles. The average Bonchev–Trinajstić information content (AvgIpc) is 2.24. The van der Waals surface area contributed by atoms with Gasteiger partial charge in [-0.05, 0) is 13.3 Å². The number of hydrogen-bond donors (Lipinski definition) is 3. The Morgan fingerprint density at radius 1 is 1.22 bits per heavy atom. The van der Waals surface area contributed by atoms with E-state index >= 15 is 0 Å². The van der Waals surface area contributed by atoms with E-state index in [1.165, 1.54) is 7.11 Å². The second-order valence-electron chi connectivity index (χ2n) is 3.78. The van der Waals surface area contributed by atoms with Gasteiger partial charge >= 0.3 is 18.0 Å². The predicted octanol–water partition coefficient (Wildman–Crippen LogP) is -0.408. The van der Waals surface area contributed by atoms with Crippen molar-refractivity contribution in [3.8, 4) is 0 Å². The fourth-order valence-corrected chi connectivity index (χ4v) is 1.19. The molecule has 0 radical (unpaired) electrons. The number of methoxy groups -OCH3 is 1. The summed E-state index contributed by atoms with van der Waals surface area (Å²) in [5, 5.41) is 19.7. The molecule has 0 fully saturated rings. The van der Waals surface area contributed by atoms with Gasteiger partial charge < -0.3 is 25.2 Å². The molecule has 8 nitrogen and oxygen atoms in total. The lowest BCUT2D eigenvalue weighted by Gasteiger charge is -2.22. The van der Waals surface area contributed by atoms with Gasteiger partial charge in [0.15, 0.2) is 0 Å². The normalized spacial score (nSPS) is 11.7. The summed E-state index contributed by atoms with van der Waals surface area (Å²) < 4.78 is 4.83. The summed E-state index contributed by atoms with van der Waals surface area (Å²) in [6, 6.07) is -0.953. The number of carboxylic acids is 2. The monoisotopic (exact) mass is 262 g/mol.